The SMILES string of the molecule is COc1c(O)cc2c(c1O)Oc1ccc(NCc3ccccc3)cc1CC2. The molecule has 0 fully saturated rings. The number of benzene rings is 3. The smallest absolute Gasteiger partial charge is 0.206 e. The molecule has 0 atom stereocenters. The average Bonchev–Trinajstić information content (AvgIpc) is 2.87. The highest BCUT2D eigenvalue weighted by Crippen LogP contribution is 2.49. The van der Waals surface area contributed by atoms with Gasteiger partial charge < -0.3 is 25.0 Å². The minimum atomic E-state index is -0.174. The van der Waals surface area contributed by atoms with Gasteiger partial charge in [0.1, 0.15) is 5.75 Å². The van der Waals surface area contributed by atoms with E-state index in [1.54, 1.807) is 6.07 Å². The van der Waals surface area contributed by atoms with Crippen LogP contribution in [0.15, 0.2) is 54.6 Å². The number of hydrogen-bond donors (Lipinski definition) is 3. The summed E-state index contributed by atoms with van der Waals surface area (Å²) < 4.78 is 11.1. The number of methoxy groups -OCH3 is 1. The van der Waals surface area contributed by atoms with E-state index in [1.165, 1.54) is 12.7 Å². The van der Waals surface area contributed by atoms with E-state index < -0.39 is 0 Å². The second kappa shape index (κ2) is 7.11. The third-order valence-corrected chi connectivity index (χ3v) is 4.75. The Morgan fingerprint density at radius 2 is 1.78 bits per heavy atom. The second-order valence-corrected chi connectivity index (χ2v) is 6.53. The van der Waals surface area contributed by atoms with Crippen molar-refractivity contribution < 1.29 is 19.7 Å². The summed E-state index contributed by atoms with van der Waals surface area (Å²) in [6.45, 7) is 0.743. The van der Waals surface area contributed by atoms with Gasteiger partial charge in [-0.2, -0.15) is 0 Å². The van der Waals surface area contributed by atoms with Gasteiger partial charge in [0.15, 0.2) is 11.5 Å². The maximum absolute atomic E-state index is 10.4. The molecule has 3 N–H and O–H groups in total. The number of aromatic hydroxyl groups is 2. The summed E-state index contributed by atoms with van der Waals surface area (Å²) in [5.74, 6) is 0.800. The van der Waals surface area contributed by atoms with Crippen molar-refractivity contribution in [2.24, 2.45) is 0 Å². The Balaban J connectivity index is 1.59. The summed E-state index contributed by atoms with van der Waals surface area (Å²) in [7, 11) is 1.40. The Labute approximate surface area is 157 Å². The lowest BCUT2D eigenvalue weighted by atomic mass is 10.0. The van der Waals surface area contributed by atoms with Crippen LogP contribution >= 0.6 is 0 Å². The topological polar surface area (TPSA) is 71.0 Å². The molecule has 0 bridgehead atoms. The van der Waals surface area contributed by atoms with Gasteiger partial charge in [-0.25, -0.2) is 0 Å². The lowest BCUT2D eigenvalue weighted by Crippen LogP contribution is -2.00. The summed E-state index contributed by atoms with van der Waals surface area (Å²) in [6, 6.07) is 17.7. The molecular formula is C22H21NO4. The van der Waals surface area contributed by atoms with Crippen LogP contribution in [0, 0.1) is 0 Å². The summed E-state index contributed by atoms with van der Waals surface area (Å²) in [5, 5.41) is 23.9. The zero-order chi connectivity index (χ0) is 18.8. The van der Waals surface area contributed by atoms with Gasteiger partial charge in [0, 0.05) is 17.8 Å². The molecule has 0 unspecified atom stereocenters. The van der Waals surface area contributed by atoms with Crippen LogP contribution in [0.2, 0.25) is 0 Å². The zero-order valence-electron chi connectivity index (χ0n) is 15.0. The molecule has 0 aliphatic carbocycles. The molecule has 3 aromatic rings. The molecule has 0 spiro atoms. The number of phenolic OH excluding ortho intramolecular Hbond substituents is 2. The Morgan fingerprint density at radius 3 is 2.56 bits per heavy atom. The van der Waals surface area contributed by atoms with Gasteiger partial charge in [-0.1, -0.05) is 30.3 Å². The molecule has 0 aromatic heterocycles. The van der Waals surface area contributed by atoms with Crippen molar-refractivity contribution >= 4 is 5.69 Å². The first-order valence-electron chi connectivity index (χ1n) is 8.86. The largest absolute Gasteiger partial charge is 0.504 e. The third kappa shape index (κ3) is 3.36. The lowest BCUT2D eigenvalue weighted by Gasteiger charge is -2.15. The predicted molar refractivity (Wildman–Crippen MR) is 104 cm³/mol. The van der Waals surface area contributed by atoms with Crippen LogP contribution in [0.3, 0.4) is 0 Å². The number of rotatable bonds is 4. The van der Waals surface area contributed by atoms with E-state index in [-0.39, 0.29) is 17.2 Å². The molecule has 0 radical (unpaired) electrons. The second-order valence-electron chi connectivity index (χ2n) is 6.53. The first-order chi connectivity index (χ1) is 13.2. The number of phenols is 2. The maximum Gasteiger partial charge on any atom is 0.206 e. The number of nitrogens with one attached hydrogen (secondary N) is 1. The van der Waals surface area contributed by atoms with E-state index in [0.29, 0.717) is 17.9 Å². The molecule has 1 heterocycles. The van der Waals surface area contributed by atoms with E-state index in [4.69, 9.17) is 9.47 Å². The van der Waals surface area contributed by atoms with Crippen LogP contribution in [0.5, 0.6) is 28.7 Å². The fourth-order valence-electron chi connectivity index (χ4n) is 3.34. The van der Waals surface area contributed by atoms with Gasteiger partial charge in [-0.3, -0.25) is 0 Å². The normalized spacial score (nSPS) is 12.3. The Bertz CT molecular complexity index is 970. The molecule has 3 aromatic carbocycles. The summed E-state index contributed by atoms with van der Waals surface area (Å²) in [5.41, 5.74) is 4.02. The average molecular weight is 363 g/mol. The molecule has 4 rings (SSSR count). The van der Waals surface area contributed by atoms with Crippen molar-refractivity contribution in [3.8, 4) is 28.7 Å². The van der Waals surface area contributed by atoms with E-state index in [1.807, 2.05) is 30.3 Å². The molecule has 5 heteroatoms. The van der Waals surface area contributed by atoms with Crippen molar-refractivity contribution in [1.82, 2.24) is 0 Å². The van der Waals surface area contributed by atoms with Crippen molar-refractivity contribution in [2.45, 2.75) is 19.4 Å². The molecule has 5 nitrogen and oxygen atoms in total. The molecule has 1 aliphatic rings. The van der Waals surface area contributed by atoms with Crippen LogP contribution in [0.25, 0.3) is 0 Å². The highest BCUT2D eigenvalue weighted by molar-refractivity contribution is 5.64. The van der Waals surface area contributed by atoms with Crippen molar-refractivity contribution in [2.75, 3.05) is 12.4 Å². The van der Waals surface area contributed by atoms with Gasteiger partial charge in [-0.05, 0) is 48.2 Å². The molecule has 0 saturated carbocycles. The fourth-order valence-corrected chi connectivity index (χ4v) is 3.34. The van der Waals surface area contributed by atoms with Crippen LogP contribution in [-0.4, -0.2) is 17.3 Å². The van der Waals surface area contributed by atoms with Gasteiger partial charge in [0.2, 0.25) is 11.5 Å². The van der Waals surface area contributed by atoms with Gasteiger partial charge in [-0.15, -0.1) is 0 Å². The molecule has 0 saturated heterocycles. The Kier molecular flexibility index (Phi) is 4.50. The summed E-state index contributed by atoms with van der Waals surface area (Å²) >= 11 is 0. The number of anilines is 1. The minimum absolute atomic E-state index is 0.0262. The Hall–Kier alpha value is -3.34. The number of fused-ring (bicyclic) bond motifs is 2. The van der Waals surface area contributed by atoms with E-state index in [0.717, 1.165) is 29.8 Å². The highest BCUT2D eigenvalue weighted by atomic mass is 16.5. The fraction of sp³-hybridized carbons (Fsp3) is 0.182. The number of ether oxygens (including phenoxy) is 2. The van der Waals surface area contributed by atoms with Crippen molar-refractivity contribution in [3.63, 3.8) is 0 Å². The number of aryl methyl sites for hydroxylation is 2. The van der Waals surface area contributed by atoms with Crippen LogP contribution in [0.4, 0.5) is 5.69 Å². The minimum Gasteiger partial charge on any atom is -0.504 e. The predicted octanol–water partition coefficient (Wildman–Crippen LogP) is 4.61. The van der Waals surface area contributed by atoms with Gasteiger partial charge in [0.05, 0.1) is 7.11 Å². The van der Waals surface area contributed by atoms with Crippen LogP contribution in [0.1, 0.15) is 16.7 Å². The molecule has 1 aliphatic heterocycles. The first kappa shape index (κ1) is 17.1. The number of hydrogen-bond acceptors (Lipinski definition) is 5. The van der Waals surface area contributed by atoms with Crippen molar-refractivity contribution in [1.29, 1.82) is 0 Å². The molecule has 0 amide bonds. The highest BCUT2D eigenvalue weighted by Gasteiger charge is 2.23. The Morgan fingerprint density at radius 1 is 1.00 bits per heavy atom. The lowest BCUT2D eigenvalue weighted by molar-refractivity contribution is 0.331. The van der Waals surface area contributed by atoms with E-state index in [9.17, 15) is 10.2 Å². The summed E-state index contributed by atoms with van der Waals surface area (Å²) in [4.78, 5) is 0. The maximum atomic E-state index is 10.4. The monoisotopic (exact) mass is 363 g/mol. The molecule has 138 valence electrons. The van der Waals surface area contributed by atoms with Gasteiger partial charge >= 0.3 is 0 Å². The molecule has 27 heavy (non-hydrogen) atoms. The summed E-state index contributed by atoms with van der Waals surface area (Å²) in [6.07, 6.45) is 1.39. The first-order valence-corrected chi connectivity index (χ1v) is 8.86. The standard InChI is InChI=1S/C22H21NO4/c1-26-22-18(24)12-16-8-7-15-11-17(23-13-14-5-3-2-4-6-14)9-10-19(15)27-21(16)20(22)25/h2-6,9-12,23-25H,7-8,13H2,1H3. The van der Waals surface area contributed by atoms with Gasteiger partial charge in [0.25, 0.3) is 0 Å². The molecular weight excluding hydrogens is 342 g/mol. The van der Waals surface area contributed by atoms with E-state index in [2.05, 4.69) is 23.5 Å². The van der Waals surface area contributed by atoms with E-state index >= 15 is 0 Å². The van der Waals surface area contributed by atoms with Crippen LogP contribution < -0.4 is 14.8 Å². The van der Waals surface area contributed by atoms with Crippen molar-refractivity contribution in [3.05, 3.63) is 71.3 Å². The van der Waals surface area contributed by atoms with Crippen LogP contribution in [-0.2, 0) is 19.4 Å². The zero-order valence-corrected chi connectivity index (χ0v) is 15.0. The quantitative estimate of drug-likeness (QED) is 0.631. The third-order valence-electron chi connectivity index (χ3n) is 4.75.